The van der Waals surface area contributed by atoms with E-state index in [2.05, 4.69) is 15.3 Å². The summed E-state index contributed by atoms with van der Waals surface area (Å²) in [6.07, 6.45) is -3.58. The fourth-order valence-corrected chi connectivity index (χ4v) is 3.43. The Morgan fingerprint density at radius 1 is 1.10 bits per heavy atom. The molecule has 3 rings (SSSR count). The number of nitrogens with zero attached hydrogens (tertiary/aromatic N) is 5. The number of nitrogens with one attached hydrogen (secondary N) is 1. The third-order valence-corrected chi connectivity index (χ3v) is 5.18. The fourth-order valence-electron chi connectivity index (χ4n) is 3.43. The molecule has 0 atom stereocenters. The van der Waals surface area contributed by atoms with Crippen LogP contribution in [0, 0.1) is 0 Å². The average Bonchev–Trinajstić information content (AvgIpc) is 2.73. The van der Waals surface area contributed by atoms with E-state index in [-0.39, 0.29) is 5.82 Å². The molecular weight excluding hydrogens is 401 g/mol. The topological polar surface area (TPSA) is 75.4 Å². The van der Waals surface area contributed by atoms with Crippen molar-refractivity contribution in [2.75, 3.05) is 49.5 Å². The lowest BCUT2D eigenvalue weighted by molar-refractivity contribution is -0.137. The summed E-state index contributed by atoms with van der Waals surface area (Å²) in [5, 5.41) is 6.91. The van der Waals surface area contributed by atoms with Crippen LogP contribution in [0.5, 0.6) is 0 Å². The summed E-state index contributed by atoms with van der Waals surface area (Å²) in [6, 6.07) is 5.42. The normalized spacial score (nSPS) is 15.4. The van der Waals surface area contributed by atoms with Crippen LogP contribution in [-0.4, -0.2) is 58.5 Å². The van der Waals surface area contributed by atoms with Gasteiger partial charge < -0.3 is 10.2 Å². The maximum atomic E-state index is 12.9. The van der Waals surface area contributed by atoms with Gasteiger partial charge in [-0.15, -0.1) is 5.10 Å². The third kappa shape index (κ3) is 5.02. The van der Waals surface area contributed by atoms with Crippen molar-refractivity contribution in [3.05, 3.63) is 50.7 Å². The number of aryl methyl sites for hydroxylation is 1. The van der Waals surface area contributed by atoms with E-state index in [9.17, 15) is 22.8 Å². The highest BCUT2D eigenvalue weighted by molar-refractivity contribution is 5.49. The van der Waals surface area contributed by atoms with Gasteiger partial charge in [0.2, 0.25) is 5.82 Å². The maximum Gasteiger partial charge on any atom is 0.416 e. The zero-order valence-corrected chi connectivity index (χ0v) is 16.9. The van der Waals surface area contributed by atoms with E-state index in [0.717, 1.165) is 41.4 Å². The zero-order chi connectivity index (χ0) is 21.9. The molecule has 0 bridgehead atoms. The molecule has 0 aliphatic carbocycles. The van der Waals surface area contributed by atoms with Gasteiger partial charge in [0.1, 0.15) is 0 Å². The Kier molecular flexibility index (Phi) is 6.49. The molecule has 1 aliphatic heterocycles. The molecule has 0 amide bonds. The van der Waals surface area contributed by atoms with Gasteiger partial charge in [0.05, 0.1) is 5.56 Å². The van der Waals surface area contributed by atoms with Crippen molar-refractivity contribution in [3.8, 4) is 0 Å². The Bertz CT molecular complexity index is 993. The number of halogens is 3. The molecule has 1 aromatic carbocycles. The maximum absolute atomic E-state index is 12.9. The third-order valence-electron chi connectivity index (χ3n) is 5.18. The predicted molar refractivity (Wildman–Crippen MR) is 108 cm³/mol. The molecule has 2 heterocycles. The van der Waals surface area contributed by atoms with E-state index in [1.54, 1.807) is 6.07 Å². The van der Waals surface area contributed by atoms with Crippen LogP contribution >= 0.6 is 0 Å². The van der Waals surface area contributed by atoms with E-state index in [1.165, 1.54) is 26.2 Å². The van der Waals surface area contributed by atoms with E-state index < -0.39 is 23.0 Å². The van der Waals surface area contributed by atoms with Gasteiger partial charge in [-0.2, -0.15) is 13.2 Å². The predicted octanol–water partition coefficient (Wildman–Crippen LogP) is 1.12. The first-order chi connectivity index (χ1) is 14.2. The van der Waals surface area contributed by atoms with Crippen LogP contribution in [0.15, 0.2) is 33.9 Å². The molecule has 1 fully saturated rings. The van der Waals surface area contributed by atoms with Crippen LogP contribution in [0.3, 0.4) is 0 Å². The summed E-state index contributed by atoms with van der Waals surface area (Å²) >= 11 is 0. The largest absolute Gasteiger partial charge is 0.416 e. The van der Waals surface area contributed by atoms with Crippen molar-refractivity contribution >= 4 is 11.5 Å². The highest BCUT2D eigenvalue weighted by atomic mass is 19.4. The highest BCUT2D eigenvalue weighted by Crippen LogP contribution is 2.31. The molecule has 0 spiro atoms. The van der Waals surface area contributed by atoms with Crippen molar-refractivity contribution in [2.24, 2.45) is 14.1 Å². The van der Waals surface area contributed by atoms with E-state index >= 15 is 0 Å². The van der Waals surface area contributed by atoms with Crippen molar-refractivity contribution in [2.45, 2.75) is 12.6 Å². The fraction of sp³-hybridized carbons (Fsp3) is 0.526. The standard InChI is InChI=1S/C19H25F3N6O2/c1-25-17(29)16(24-26(2)18(25)30)23-7-4-8-27-9-11-28(12-10-27)15-6-3-5-14(13-15)19(20,21)22/h3,5-6,13H,4,7-12H2,1-2H3,(H,23,24). The van der Waals surface area contributed by atoms with Crippen LogP contribution in [0.2, 0.25) is 0 Å². The monoisotopic (exact) mass is 426 g/mol. The van der Waals surface area contributed by atoms with Crippen molar-refractivity contribution < 1.29 is 13.2 Å². The van der Waals surface area contributed by atoms with Gasteiger partial charge in [-0.3, -0.25) is 14.3 Å². The summed E-state index contributed by atoms with van der Waals surface area (Å²) in [5.74, 6) is 0.133. The molecule has 1 aromatic heterocycles. The lowest BCUT2D eigenvalue weighted by Crippen LogP contribution is -2.47. The van der Waals surface area contributed by atoms with Crippen LogP contribution in [-0.2, 0) is 20.3 Å². The highest BCUT2D eigenvalue weighted by Gasteiger charge is 2.31. The second-order valence-electron chi connectivity index (χ2n) is 7.28. The van der Waals surface area contributed by atoms with Crippen LogP contribution in [0.25, 0.3) is 0 Å². The van der Waals surface area contributed by atoms with Crippen molar-refractivity contribution in [1.29, 1.82) is 0 Å². The number of alkyl halides is 3. The summed E-state index contributed by atoms with van der Waals surface area (Å²) < 4.78 is 40.8. The number of piperazine rings is 1. The molecule has 30 heavy (non-hydrogen) atoms. The molecule has 0 unspecified atom stereocenters. The number of hydrogen-bond donors (Lipinski definition) is 1. The van der Waals surface area contributed by atoms with Crippen molar-refractivity contribution in [1.82, 2.24) is 19.2 Å². The Labute approximate surface area is 171 Å². The molecule has 2 aromatic rings. The summed E-state index contributed by atoms with van der Waals surface area (Å²) in [6.45, 7) is 4.10. The molecular formula is C19H25F3N6O2. The second kappa shape index (κ2) is 8.90. The minimum atomic E-state index is -4.34. The zero-order valence-electron chi connectivity index (χ0n) is 16.9. The molecule has 1 N–H and O–H groups in total. The summed E-state index contributed by atoms with van der Waals surface area (Å²) in [5.41, 5.74) is -0.994. The lowest BCUT2D eigenvalue weighted by Gasteiger charge is -2.36. The summed E-state index contributed by atoms with van der Waals surface area (Å²) in [4.78, 5) is 27.9. The van der Waals surface area contributed by atoms with Gasteiger partial charge in [0.25, 0.3) is 5.56 Å². The van der Waals surface area contributed by atoms with E-state index in [4.69, 9.17) is 0 Å². The smallest absolute Gasteiger partial charge is 0.369 e. The Hall–Kier alpha value is -2.82. The van der Waals surface area contributed by atoms with Crippen LogP contribution < -0.4 is 21.5 Å². The Morgan fingerprint density at radius 3 is 2.47 bits per heavy atom. The Balaban J connectivity index is 1.46. The molecule has 0 saturated carbocycles. The molecule has 0 radical (unpaired) electrons. The molecule has 164 valence electrons. The van der Waals surface area contributed by atoms with Gasteiger partial charge in [-0.05, 0) is 31.2 Å². The second-order valence-corrected chi connectivity index (χ2v) is 7.28. The van der Waals surface area contributed by atoms with Gasteiger partial charge >= 0.3 is 11.9 Å². The minimum absolute atomic E-state index is 0.133. The quantitative estimate of drug-likeness (QED) is 0.698. The van der Waals surface area contributed by atoms with Gasteiger partial charge in [0.15, 0.2) is 0 Å². The molecule has 8 nitrogen and oxygen atoms in total. The lowest BCUT2D eigenvalue weighted by atomic mass is 10.1. The molecule has 1 saturated heterocycles. The number of benzene rings is 1. The van der Waals surface area contributed by atoms with Crippen LogP contribution in [0.4, 0.5) is 24.7 Å². The van der Waals surface area contributed by atoms with Crippen molar-refractivity contribution in [3.63, 3.8) is 0 Å². The first kappa shape index (κ1) is 21.9. The van der Waals surface area contributed by atoms with E-state index in [0.29, 0.717) is 25.3 Å². The van der Waals surface area contributed by atoms with Gasteiger partial charge in [-0.1, -0.05) is 6.07 Å². The average molecular weight is 426 g/mol. The minimum Gasteiger partial charge on any atom is -0.369 e. The number of aromatic nitrogens is 3. The van der Waals surface area contributed by atoms with Gasteiger partial charge in [-0.25, -0.2) is 9.48 Å². The first-order valence-corrected chi connectivity index (χ1v) is 9.69. The van der Waals surface area contributed by atoms with Crippen LogP contribution in [0.1, 0.15) is 12.0 Å². The van der Waals surface area contributed by atoms with E-state index in [1.807, 2.05) is 4.90 Å². The number of rotatable bonds is 6. The molecule has 1 aliphatic rings. The van der Waals surface area contributed by atoms with Gasteiger partial charge in [0, 0.05) is 52.5 Å². The SMILES string of the molecule is Cn1nc(NCCCN2CCN(c3cccc(C(F)(F)F)c3)CC2)c(=O)n(C)c1=O. The molecule has 11 heteroatoms. The first-order valence-electron chi connectivity index (χ1n) is 9.69. The summed E-state index contributed by atoms with van der Waals surface area (Å²) in [7, 11) is 2.89. The Morgan fingerprint density at radius 2 is 1.80 bits per heavy atom. The number of hydrogen-bond acceptors (Lipinski definition) is 6. The number of anilines is 2.